The summed E-state index contributed by atoms with van der Waals surface area (Å²) in [5.74, 6) is -4.91. The van der Waals surface area contributed by atoms with Crippen molar-refractivity contribution in [2.45, 2.75) is 18.6 Å². The lowest BCUT2D eigenvalue weighted by atomic mass is 10.2. The van der Waals surface area contributed by atoms with Crippen molar-refractivity contribution in [1.82, 2.24) is 4.98 Å². The van der Waals surface area contributed by atoms with Crippen molar-refractivity contribution < 1.29 is 22.0 Å². The monoisotopic (exact) mass is 232 g/mol. The van der Waals surface area contributed by atoms with E-state index in [2.05, 4.69) is 4.98 Å². The Balaban J connectivity index is 3.04. The van der Waals surface area contributed by atoms with Gasteiger partial charge in [-0.15, -0.1) is 11.3 Å². The third kappa shape index (κ3) is 1.85. The number of thiazole rings is 1. The third-order valence-corrected chi connectivity index (χ3v) is 2.28. The Morgan fingerprint density at radius 3 is 2.21 bits per heavy atom. The van der Waals surface area contributed by atoms with Gasteiger partial charge < -0.3 is 5.73 Å². The Morgan fingerprint density at radius 1 is 1.29 bits per heavy atom. The normalized spacial score (nSPS) is 13.3. The van der Waals surface area contributed by atoms with E-state index < -0.39 is 17.8 Å². The van der Waals surface area contributed by atoms with E-state index in [0.29, 0.717) is 16.7 Å². The topological polar surface area (TPSA) is 38.9 Å². The van der Waals surface area contributed by atoms with E-state index in [1.165, 1.54) is 0 Å². The lowest BCUT2D eigenvalue weighted by molar-refractivity contribution is -0.290. The first-order valence-corrected chi connectivity index (χ1v) is 4.26. The van der Waals surface area contributed by atoms with Gasteiger partial charge in [0.05, 0.1) is 0 Å². The summed E-state index contributed by atoms with van der Waals surface area (Å²) in [4.78, 5) is 3.09. The molecule has 1 aromatic heterocycles. The number of aromatic nitrogens is 1. The molecule has 0 atom stereocenters. The van der Waals surface area contributed by atoms with Crippen LogP contribution in [0.5, 0.6) is 0 Å². The van der Waals surface area contributed by atoms with Crippen molar-refractivity contribution >= 4 is 11.3 Å². The minimum Gasteiger partial charge on any atom is -0.325 e. The Kier molecular flexibility index (Phi) is 2.77. The van der Waals surface area contributed by atoms with Gasteiger partial charge in [-0.1, -0.05) is 0 Å². The van der Waals surface area contributed by atoms with E-state index in [0.717, 1.165) is 0 Å². The highest BCUT2D eigenvalue weighted by atomic mass is 32.1. The van der Waals surface area contributed by atoms with E-state index >= 15 is 0 Å². The fourth-order valence-corrected chi connectivity index (χ4v) is 1.39. The lowest BCUT2D eigenvalue weighted by Gasteiger charge is -2.16. The minimum atomic E-state index is -5.62. The molecule has 0 unspecified atom stereocenters. The molecule has 0 saturated heterocycles. The van der Waals surface area contributed by atoms with E-state index in [4.69, 9.17) is 5.73 Å². The second kappa shape index (κ2) is 3.43. The number of rotatable bonds is 2. The quantitative estimate of drug-likeness (QED) is 0.794. The molecule has 8 heteroatoms. The molecule has 0 bridgehead atoms. The highest BCUT2D eigenvalue weighted by molar-refractivity contribution is 7.09. The molecule has 80 valence electrons. The Hall–Kier alpha value is -0.760. The second-order valence-electron chi connectivity index (χ2n) is 2.40. The fourth-order valence-electron chi connectivity index (χ4n) is 0.694. The maximum Gasteiger partial charge on any atom is 0.459 e. The zero-order chi connectivity index (χ0) is 11.0. The SMILES string of the molecule is NCc1nc(C(F)(F)C(F)(F)F)cs1. The van der Waals surface area contributed by atoms with Gasteiger partial charge in [-0.05, 0) is 0 Å². The summed E-state index contributed by atoms with van der Waals surface area (Å²) in [6.07, 6.45) is -5.62. The molecule has 1 heterocycles. The molecule has 0 aliphatic heterocycles. The van der Waals surface area contributed by atoms with Crippen LogP contribution < -0.4 is 5.73 Å². The summed E-state index contributed by atoms with van der Waals surface area (Å²) >= 11 is 0.676. The van der Waals surface area contributed by atoms with Crippen LogP contribution in [0.1, 0.15) is 10.7 Å². The first kappa shape index (κ1) is 11.3. The van der Waals surface area contributed by atoms with Gasteiger partial charge in [0.2, 0.25) is 0 Å². The third-order valence-electron chi connectivity index (χ3n) is 1.40. The molecular formula is C6H5F5N2S. The highest BCUT2D eigenvalue weighted by Gasteiger charge is 2.60. The first-order chi connectivity index (χ1) is 6.29. The highest BCUT2D eigenvalue weighted by Crippen LogP contribution is 2.43. The predicted molar refractivity (Wildman–Crippen MR) is 40.0 cm³/mol. The summed E-state index contributed by atoms with van der Waals surface area (Å²) in [6.45, 7) is -0.154. The van der Waals surface area contributed by atoms with E-state index in [9.17, 15) is 22.0 Å². The lowest BCUT2D eigenvalue weighted by Crippen LogP contribution is -2.34. The molecule has 0 aliphatic carbocycles. The summed E-state index contributed by atoms with van der Waals surface area (Å²) < 4.78 is 60.6. The molecule has 1 aromatic rings. The van der Waals surface area contributed by atoms with Crippen molar-refractivity contribution in [1.29, 1.82) is 0 Å². The first-order valence-electron chi connectivity index (χ1n) is 3.38. The molecule has 2 N–H and O–H groups in total. The summed E-state index contributed by atoms with van der Waals surface area (Å²) in [7, 11) is 0. The fraction of sp³-hybridized carbons (Fsp3) is 0.500. The van der Waals surface area contributed by atoms with Gasteiger partial charge in [0, 0.05) is 11.9 Å². The number of halogens is 5. The van der Waals surface area contributed by atoms with Crippen molar-refractivity contribution in [3.63, 3.8) is 0 Å². The summed E-state index contributed by atoms with van der Waals surface area (Å²) in [5, 5.41) is 0.708. The van der Waals surface area contributed by atoms with Crippen LogP contribution in [0.15, 0.2) is 5.38 Å². The average molecular weight is 232 g/mol. The maximum absolute atomic E-state index is 12.6. The number of nitrogens with zero attached hydrogens (tertiary/aromatic N) is 1. The maximum atomic E-state index is 12.6. The van der Waals surface area contributed by atoms with Crippen LogP contribution in [0, 0.1) is 0 Å². The molecule has 2 nitrogen and oxygen atoms in total. The molecule has 0 aliphatic rings. The number of alkyl halides is 5. The van der Waals surface area contributed by atoms with Crippen LogP contribution in [0.25, 0.3) is 0 Å². The average Bonchev–Trinajstić information content (AvgIpc) is 2.49. The van der Waals surface area contributed by atoms with Crippen LogP contribution in [0.2, 0.25) is 0 Å². The van der Waals surface area contributed by atoms with Gasteiger partial charge in [-0.3, -0.25) is 0 Å². The zero-order valence-corrected chi connectivity index (χ0v) is 7.42. The molecule has 0 fully saturated rings. The number of hydrogen-bond donors (Lipinski definition) is 1. The van der Waals surface area contributed by atoms with Gasteiger partial charge >= 0.3 is 12.1 Å². The van der Waals surface area contributed by atoms with Crippen LogP contribution >= 0.6 is 11.3 Å². The van der Waals surface area contributed by atoms with Crippen LogP contribution in [-0.4, -0.2) is 11.2 Å². The standard InChI is InChI=1S/C6H5F5N2S/c7-5(8,6(9,10)11)3-2-14-4(1-12)13-3/h2H,1,12H2. The number of nitrogens with two attached hydrogens (primary N) is 1. The van der Waals surface area contributed by atoms with E-state index in [1.54, 1.807) is 0 Å². The van der Waals surface area contributed by atoms with E-state index in [1.807, 2.05) is 0 Å². The Bertz CT molecular complexity index is 318. The molecule has 14 heavy (non-hydrogen) atoms. The van der Waals surface area contributed by atoms with Crippen molar-refractivity contribution in [2.75, 3.05) is 0 Å². The molecule has 0 aromatic carbocycles. The predicted octanol–water partition coefficient (Wildman–Crippen LogP) is 2.26. The van der Waals surface area contributed by atoms with Crippen LogP contribution in [0.4, 0.5) is 22.0 Å². The Morgan fingerprint density at radius 2 is 1.86 bits per heavy atom. The van der Waals surface area contributed by atoms with Gasteiger partial charge in [0.1, 0.15) is 10.7 Å². The van der Waals surface area contributed by atoms with Crippen molar-refractivity contribution in [3.05, 3.63) is 16.1 Å². The molecule has 1 rings (SSSR count). The van der Waals surface area contributed by atoms with Crippen LogP contribution in [-0.2, 0) is 12.5 Å². The smallest absolute Gasteiger partial charge is 0.325 e. The molecule has 0 radical (unpaired) electrons. The second-order valence-corrected chi connectivity index (χ2v) is 3.35. The molecule has 0 saturated carbocycles. The van der Waals surface area contributed by atoms with Gasteiger partial charge in [0.15, 0.2) is 0 Å². The van der Waals surface area contributed by atoms with Crippen molar-refractivity contribution in [3.8, 4) is 0 Å². The molecule has 0 amide bonds. The zero-order valence-electron chi connectivity index (χ0n) is 6.61. The largest absolute Gasteiger partial charge is 0.459 e. The van der Waals surface area contributed by atoms with Crippen molar-refractivity contribution in [2.24, 2.45) is 5.73 Å². The van der Waals surface area contributed by atoms with E-state index in [-0.39, 0.29) is 11.6 Å². The summed E-state index contributed by atoms with van der Waals surface area (Å²) in [6, 6.07) is 0. The molecular weight excluding hydrogens is 227 g/mol. The van der Waals surface area contributed by atoms with Gasteiger partial charge in [-0.25, -0.2) is 4.98 Å². The van der Waals surface area contributed by atoms with Gasteiger partial charge in [-0.2, -0.15) is 22.0 Å². The number of hydrogen-bond acceptors (Lipinski definition) is 3. The Labute approximate surface area is 79.6 Å². The summed E-state index contributed by atoms with van der Waals surface area (Å²) in [5.41, 5.74) is 3.74. The molecule has 0 spiro atoms. The van der Waals surface area contributed by atoms with Crippen LogP contribution in [0.3, 0.4) is 0 Å². The minimum absolute atomic E-state index is 0.0453. The van der Waals surface area contributed by atoms with Gasteiger partial charge in [0.25, 0.3) is 0 Å².